The van der Waals surface area contributed by atoms with Crippen molar-refractivity contribution in [3.8, 4) is 0 Å². The van der Waals surface area contributed by atoms with Gasteiger partial charge in [0.2, 0.25) is 0 Å². The first-order valence-electron chi connectivity index (χ1n) is 7.59. The molecule has 0 bridgehead atoms. The molecule has 0 fully saturated rings. The lowest BCUT2D eigenvalue weighted by atomic mass is 10.1. The highest BCUT2D eigenvalue weighted by atomic mass is 19.1. The zero-order chi connectivity index (χ0) is 16.9. The molecule has 0 aliphatic carbocycles. The smallest absolute Gasteiger partial charge is 0.257 e. The molecule has 24 heavy (non-hydrogen) atoms. The van der Waals surface area contributed by atoms with E-state index in [1.165, 1.54) is 6.07 Å². The predicted molar refractivity (Wildman–Crippen MR) is 93.4 cm³/mol. The Balaban J connectivity index is 1.73. The zero-order valence-corrected chi connectivity index (χ0v) is 13.2. The average molecular weight is 327 g/mol. The van der Waals surface area contributed by atoms with Crippen LogP contribution in [0, 0.1) is 5.82 Å². The number of carbonyl (C=O) groups excluding carboxylic acids is 1. The summed E-state index contributed by atoms with van der Waals surface area (Å²) in [6.45, 7) is 1.03. The molecule has 3 rings (SSSR count). The van der Waals surface area contributed by atoms with Gasteiger partial charge in [0.15, 0.2) is 0 Å². The molecule has 0 spiro atoms. The number of rotatable bonds is 6. The molecule has 2 aromatic rings. The number of anilines is 3. The fraction of sp³-hybridized carbons (Fsp3) is 0.167. The summed E-state index contributed by atoms with van der Waals surface area (Å²) < 4.78 is 19.0. The van der Waals surface area contributed by atoms with Gasteiger partial charge in [-0.2, -0.15) is 0 Å². The SMILES string of the molecule is COCCNc1ccc(NC=C2C(=O)Nc3ccccc32)cc1F. The zero-order valence-electron chi connectivity index (χ0n) is 13.2. The molecule has 1 heterocycles. The summed E-state index contributed by atoms with van der Waals surface area (Å²) in [4.78, 5) is 12.0. The summed E-state index contributed by atoms with van der Waals surface area (Å²) in [5.41, 5.74) is 3.10. The molecule has 0 unspecified atom stereocenters. The van der Waals surface area contributed by atoms with Crippen LogP contribution >= 0.6 is 0 Å². The van der Waals surface area contributed by atoms with E-state index in [9.17, 15) is 9.18 Å². The summed E-state index contributed by atoms with van der Waals surface area (Å²) in [5.74, 6) is -0.548. The van der Waals surface area contributed by atoms with E-state index in [2.05, 4.69) is 16.0 Å². The van der Waals surface area contributed by atoms with Crippen LogP contribution in [0.2, 0.25) is 0 Å². The Bertz CT molecular complexity index is 790. The Morgan fingerprint density at radius 2 is 2.08 bits per heavy atom. The van der Waals surface area contributed by atoms with Crippen molar-refractivity contribution in [2.24, 2.45) is 0 Å². The molecular formula is C18H18FN3O2. The Morgan fingerprint density at radius 1 is 1.25 bits per heavy atom. The van der Waals surface area contributed by atoms with Gasteiger partial charge in [-0.1, -0.05) is 18.2 Å². The number of benzene rings is 2. The number of hydrogen-bond donors (Lipinski definition) is 3. The van der Waals surface area contributed by atoms with Crippen LogP contribution in [-0.4, -0.2) is 26.2 Å². The molecule has 1 aliphatic heterocycles. The van der Waals surface area contributed by atoms with E-state index in [0.717, 1.165) is 11.3 Å². The summed E-state index contributed by atoms with van der Waals surface area (Å²) in [5, 5.41) is 8.72. The predicted octanol–water partition coefficient (Wildman–Crippen LogP) is 3.29. The minimum Gasteiger partial charge on any atom is -0.383 e. The fourth-order valence-corrected chi connectivity index (χ4v) is 2.47. The quantitative estimate of drug-likeness (QED) is 0.563. The molecule has 0 atom stereocenters. The topological polar surface area (TPSA) is 62.4 Å². The second-order valence-electron chi connectivity index (χ2n) is 5.32. The van der Waals surface area contributed by atoms with Crippen LogP contribution in [-0.2, 0) is 9.53 Å². The summed E-state index contributed by atoms with van der Waals surface area (Å²) >= 11 is 0. The first-order chi connectivity index (χ1) is 11.7. The second-order valence-corrected chi connectivity index (χ2v) is 5.32. The second kappa shape index (κ2) is 7.14. The Morgan fingerprint density at radius 3 is 2.88 bits per heavy atom. The largest absolute Gasteiger partial charge is 0.383 e. The van der Waals surface area contributed by atoms with Crippen LogP contribution in [0.15, 0.2) is 48.7 Å². The molecule has 0 saturated carbocycles. The van der Waals surface area contributed by atoms with Crippen molar-refractivity contribution >= 4 is 28.5 Å². The summed E-state index contributed by atoms with van der Waals surface area (Å²) in [6, 6.07) is 12.2. The standard InChI is InChI=1S/C18H18FN3O2/c1-24-9-8-20-17-7-6-12(10-15(17)19)21-11-14-13-4-2-3-5-16(13)22-18(14)23/h2-7,10-11,20-21H,8-9H2,1H3,(H,22,23). The number of ether oxygens (including phenoxy) is 1. The van der Waals surface area contributed by atoms with Crippen LogP contribution in [0.25, 0.3) is 5.57 Å². The van der Waals surface area contributed by atoms with Gasteiger partial charge in [0, 0.05) is 36.8 Å². The molecule has 5 nitrogen and oxygen atoms in total. The third kappa shape index (κ3) is 3.38. The molecule has 1 amide bonds. The monoisotopic (exact) mass is 327 g/mol. The summed E-state index contributed by atoms with van der Waals surface area (Å²) in [6.07, 6.45) is 1.59. The van der Waals surface area contributed by atoms with Gasteiger partial charge in [0.25, 0.3) is 5.91 Å². The minimum atomic E-state index is -0.370. The van der Waals surface area contributed by atoms with Crippen molar-refractivity contribution in [1.82, 2.24) is 0 Å². The van der Waals surface area contributed by atoms with Gasteiger partial charge in [0.05, 0.1) is 17.9 Å². The molecule has 3 N–H and O–H groups in total. The number of methoxy groups -OCH3 is 1. The molecule has 0 aromatic heterocycles. The Labute approximate surface area is 139 Å². The minimum absolute atomic E-state index is 0.179. The highest BCUT2D eigenvalue weighted by molar-refractivity contribution is 6.31. The van der Waals surface area contributed by atoms with Gasteiger partial charge in [0.1, 0.15) is 5.82 Å². The van der Waals surface area contributed by atoms with Gasteiger partial charge in [-0.25, -0.2) is 4.39 Å². The van der Waals surface area contributed by atoms with Crippen molar-refractivity contribution < 1.29 is 13.9 Å². The van der Waals surface area contributed by atoms with E-state index >= 15 is 0 Å². The van der Waals surface area contributed by atoms with Crippen LogP contribution < -0.4 is 16.0 Å². The number of fused-ring (bicyclic) bond motifs is 1. The third-order valence-corrected chi connectivity index (χ3v) is 3.68. The van der Waals surface area contributed by atoms with Crippen LogP contribution in [0.5, 0.6) is 0 Å². The highest BCUT2D eigenvalue weighted by Crippen LogP contribution is 2.31. The van der Waals surface area contributed by atoms with E-state index in [0.29, 0.717) is 30.1 Å². The number of halogens is 1. The van der Waals surface area contributed by atoms with E-state index in [1.54, 1.807) is 25.4 Å². The molecule has 2 aromatic carbocycles. The maximum Gasteiger partial charge on any atom is 0.257 e. The molecule has 0 saturated heterocycles. The van der Waals surface area contributed by atoms with E-state index in [4.69, 9.17) is 4.74 Å². The van der Waals surface area contributed by atoms with Crippen molar-refractivity contribution in [2.75, 3.05) is 36.2 Å². The maximum atomic E-state index is 14.1. The van der Waals surface area contributed by atoms with Crippen LogP contribution in [0.4, 0.5) is 21.5 Å². The molecule has 1 aliphatic rings. The highest BCUT2D eigenvalue weighted by Gasteiger charge is 2.23. The number of nitrogens with one attached hydrogen (secondary N) is 3. The first-order valence-corrected chi connectivity index (χ1v) is 7.59. The number of para-hydroxylation sites is 1. The average Bonchev–Trinajstić information content (AvgIpc) is 2.90. The van der Waals surface area contributed by atoms with E-state index in [-0.39, 0.29) is 11.7 Å². The molecule has 0 radical (unpaired) electrons. The van der Waals surface area contributed by atoms with Gasteiger partial charge in [-0.15, -0.1) is 0 Å². The van der Waals surface area contributed by atoms with Crippen molar-refractivity contribution in [2.45, 2.75) is 0 Å². The lowest BCUT2D eigenvalue weighted by Gasteiger charge is -2.09. The lowest BCUT2D eigenvalue weighted by molar-refractivity contribution is -0.110. The molecular weight excluding hydrogens is 309 g/mol. The van der Waals surface area contributed by atoms with Crippen LogP contribution in [0.3, 0.4) is 0 Å². The van der Waals surface area contributed by atoms with Gasteiger partial charge in [-0.05, 0) is 24.3 Å². The van der Waals surface area contributed by atoms with E-state index in [1.807, 2.05) is 24.3 Å². The van der Waals surface area contributed by atoms with E-state index < -0.39 is 0 Å². The van der Waals surface area contributed by atoms with Gasteiger partial charge < -0.3 is 20.7 Å². The maximum absolute atomic E-state index is 14.1. The molecule has 6 heteroatoms. The van der Waals surface area contributed by atoms with Crippen molar-refractivity contribution in [3.63, 3.8) is 0 Å². The number of hydrogen-bond acceptors (Lipinski definition) is 4. The Kier molecular flexibility index (Phi) is 4.77. The third-order valence-electron chi connectivity index (χ3n) is 3.68. The lowest BCUT2D eigenvalue weighted by Crippen LogP contribution is -2.09. The van der Waals surface area contributed by atoms with Crippen LogP contribution in [0.1, 0.15) is 5.56 Å². The van der Waals surface area contributed by atoms with Gasteiger partial charge in [-0.3, -0.25) is 4.79 Å². The molecule has 124 valence electrons. The number of amides is 1. The summed E-state index contributed by atoms with van der Waals surface area (Å²) in [7, 11) is 1.59. The number of carbonyl (C=O) groups is 1. The first kappa shape index (κ1) is 16.0. The van der Waals surface area contributed by atoms with Gasteiger partial charge >= 0.3 is 0 Å². The Hall–Kier alpha value is -2.86. The van der Waals surface area contributed by atoms with Crippen molar-refractivity contribution in [3.05, 3.63) is 60.0 Å². The normalized spacial score (nSPS) is 14.4. The van der Waals surface area contributed by atoms with Crippen molar-refractivity contribution in [1.29, 1.82) is 0 Å². The fourth-order valence-electron chi connectivity index (χ4n) is 2.47.